The van der Waals surface area contributed by atoms with E-state index < -0.39 is 11.4 Å². The Hall–Kier alpha value is -2.04. The van der Waals surface area contributed by atoms with E-state index in [0.29, 0.717) is 6.54 Å². The Morgan fingerprint density at radius 3 is 2.15 bits per heavy atom. The van der Waals surface area contributed by atoms with E-state index in [4.69, 9.17) is 5.11 Å². The average Bonchev–Trinajstić information content (AvgIpc) is 2.43. The lowest BCUT2D eigenvalue weighted by atomic mass is 9.94. The first kappa shape index (κ1) is 16.0. The van der Waals surface area contributed by atoms with Crippen LogP contribution in [0.2, 0.25) is 0 Å². The number of carboxylic acid groups (broad SMARTS) is 1. The van der Waals surface area contributed by atoms with Crippen LogP contribution in [0.5, 0.6) is 0 Å². The van der Waals surface area contributed by atoms with E-state index in [1.54, 1.807) is 13.8 Å². The van der Waals surface area contributed by atoms with Crippen molar-refractivity contribution in [2.45, 2.75) is 33.7 Å². The fraction of sp³-hybridized carbons (Fsp3) is 0.467. The molecule has 0 aliphatic heterocycles. The lowest BCUT2D eigenvalue weighted by molar-refractivity contribution is -0.146. The second kappa shape index (κ2) is 6.93. The van der Waals surface area contributed by atoms with Crippen molar-refractivity contribution in [3.63, 3.8) is 0 Å². The summed E-state index contributed by atoms with van der Waals surface area (Å²) in [6.07, 6.45) is 0.985. The molecule has 3 N–H and O–H groups in total. The summed E-state index contributed by atoms with van der Waals surface area (Å²) < 4.78 is 0. The molecule has 20 heavy (non-hydrogen) atoms. The molecule has 0 saturated heterocycles. The highest BCUT2D eigenvalue weighted by Crippen LogP contribution is 2.12. The van der Waals surface area contributed by atoms with Gasteiger partial charge in [0.1, 0.15) is 0 Å². The minimum absolute atomic E-state index is 0.0862. The highest BCUT2D eigenvalue weighted by molar-refractivity contribution is 5.77. The molecule has 5 nitrogen and oxygen atoms in total. The van der Waals surface area contributed by atoms with Crippen molar-refractivity contribution in [2.24, 2.45) is 5.41 Å². The van der Waals surface area contributed by atoms with Gasteiger partial charge in [0.15, 0.2) is 0 Å². The molecule has 1 aromatic carbocycles. The van der Waals surface area contributed by atoms with Crippen molar-refractivity contribution in [3.05, 3.63) is 35.4 Å². The van der Waals surface area contributed by atoms with Crippen molar-refractivity contribution in [2.75, 3.05) is 6.54 Å². The fourth-order valence-electron chi connectivity index (χ4n) is 1.51. The molecule has 110 valence electrons. The molecular formula is C15H22N2O3. The van der Waals surface area contributed by atoms with Gasteiger partial charge in [0.05, 0.1) is 5.41 Å². The van der Waals surface area contributed by atoms with Gasteiger partial charge in [-0.3, -0.25) is 4.79 Å². The zero-order valence-corrected chi connectivity index (χ0v) is 12.2. The van der Waals surface area contributed by atoms with Gasteiger partial charge >= 0.3 is 12.0 Å². The van der Waals surface area contributed by atoms with Crippen LogP contribution in [0, 0.1) is 5.41 Å². The number of carboxylic acids is 1. The Balaban J connectivity index is 2.38. The summed E-state index contributed by atoms with van der Waals surface area (Å²) in [5.74, 6) is -0.937. The smallest absolute Gasteiger partial charge is 0.315 e. The Morgan fingerprint density at radius 1 is 1.10 bits per heavy atom. The maximum absolute atomic E-state index is 11.6. The molecule has 2 amide bonds. The van der Waals surface area contributed by atoms with Crippen molar-refractivity contribution in [1.82, 2.24) is 10.6 Å². The monoisotopic (exact) mass is 278 g/mol. The van der Waals surface area contributed by atoms with Crippen LogP contribution in [-0.4, -0.2) is 23.7 Å². The molecule has 0 radical (unpaired) electrons. The van der Waals surface area contributed by atoms with Gasteiger partial charge in [-0.15, -0.1) is 0 Å². The second-order valence-corrected chi connectivity index (χ2v) is 5.40. The van der Waals surface area contributed by atoms with E-state index in [2.05, 4.69) is 17.6 Å². The normalized spacial score (nSPS) is 10.9. The second-order valence-electron chi connectivity index (χ2n) is 5.40. The van der Waals surface area contributed by atoms with Crippen LogP contribution < -0.4 is 10.6 Å². The van der Waals surface area contributed by atoms with Gasteiger partial charge in [0, 0.05) is 13.1 Å². The number of aliphatic carboxylic acids is 1. The molecule has 0 saturated carbocycles. The van der Waals surface area contributed by atoms with E-state index in [1.165, 1.54) is 5.56 Å². The minimum atomic E-state index is -0.972. The quantitative estimate of drug-likeness (QED) is 0.746. The molecule has 0 aromatic heterocycles. The molecule has 1 rings (SSSR count). The summed E-state index contributed by atoms with van der Waals surface area (Å²) >= 11 is 0. The fourth-order valence-corrected chi connectivity index (χ4v) is 1.51. The maximum Gasteiger partial charge on any atom is 0.315 e. The van der Waals surface area contributed by atoms with E-state index in [1.807, 2.05) is 24.3 Å². The van der Waals surface area contributed by atoms with Crippen molar-refractivity contribution in [1.29, 1.82) is 0 Å². The van der Waals surface area contributed by atoms with Gasteiger partial charge in [0.25, 0.3) is 0 Å². The summed E-state index contributed by atoms with van der Waals surface area (Å²) in [5, 5.41) is 14.2. The molecule has 0 fully saturated rings. The lowest BCUT2D eigenvalue weighted by Crippen LogP contribution is -2.43. The Kier molecular flexibility index (Phi) is 5.55. The average molecular weight is 278 g/mol. The van der Waals surface area contributed by atoms with Crippen molar-refractivity contribution in [3.8, 4) is 0 Å². The van der Waals surface area contributed by atoms with Crippen molar-refractivity contribution >= 4 is 12.0 Å². The molecule has 0 heterocycles. The number of carbonyl (C=O) groups is 2. The third-order valence-corrected chi connectivity index (χ3v) is 3.15. The number of urea groups is 1. The Morgan fingerprint density at radius 2 is 1.65 bits per heavy atom. The summed E-state index contributed by atoms with van der Waals surface area (Å²) in [5.41, 5.74) is 1.29. The number of amides is 2. The lowest BCUT2D eigenvalue weighted by Gasteiger charge is -2.19. The van der Waals surface area contributed by atoms with Crippen LogP contribution in [0.3, 0.4) is 0 Å². The first-order valence-corrected chi connectivity index (χ1v) is 6.68. The topological polar surface area (TPSA) is 78.4 Å². The van der Waals surface area contributed by atoms with Gasteiger partial charge in [-0.05, 0) is 31.4 Å². The molecular weight excluding hydrogens is 256 g/mol. The van der Waals surface area contributed by atoms with E-state index in [9.17, 15) is 9.59 Å². The highest BCUT2D eigenvalue weighted by atomic mass is 16.4. The molecule has 5 heteroatoms. The molecule has 0 unspecified atom stereocenters. The minimum Gasteiger partial charge on any atom is -0.481 e. The first-order chi connectivity index (χ1) is 9.35. The zero-order chi connectivity index (χ0) is 15.2. The number of nitrogens with one attached hydrogen (secondary N) is 2. The Bertz CT molecular complexity index is 467. The van der Waals surface area contributed by atoms with Gasteiger partial charge < -0.3 is 15.7 Å². The number of carbonyl (C=O) groups excluding carboxylic acids is 1. The molecule has 0 aliphatic rings. The maximum atomic E-state index is 11.6. The first-order valence-electron chi connectivity index (χ1n) is 6.68. The SMILES string of the molecule is CCc1ccc(CNC(=O)NCC(C)(C)C(=O)O)cc1. The Labute approximate surface area is 119 Å². The largest absolute Gasteiger partial charge is 0.481 e. The summed E-state index contributed by atoms with van der Waals surface area (Å²) in [6.45, 7) is 5.73. The molecule has 1 aromatic rings. The standard InChI is InChI=1S/C15H22N2O3/c1-4-11-5-7-12(8-6-11)9-16-14(20)17-10-15(2,3)13(18)19/h5-8H,4,9-10H2,1-3H3,(H,18,19)(H2,16,17,20). The number of hydrogen-bond donors (Lipinski definition) is 3. The number of rotatable bonds is 6. The predicted octanol–water partition coefficient (Wildman–Crippen LogP) is 2.16. The van der Waals surface area contributed by atoms with Crippen LogP contribution >= 0.6 is 0 Å². The zero-order valence-electron chi connectivity index (χ0n) is 12.2. The number of aryl methyl sites for hydroxylation is 1. The highest BCUT2D eigenvalue weighted by Gasteiger charge is 2.27. The van der Waals surface area contributed by atoms with E-state index in [0.717, 1.165) is 12.0 Å². The summed E-state index contributed by atoms with van der Waals surface area (Å²) in [4.78, 5) is 22.5. The van der Waals surface area contributed by atoms with Crippen LogP contribution in [0.15, 0.2) is 24.3 Å². The predicted molar refractivity (Wildman–Crippen MR) is 77.5 cm³/mol. The summed E-state index contributed by atoms with van der Waals surface area (Å²) in [7, 11) is 0. The van der Waals surface area contributed by atoms with Crippen LogP contribution in [0.25, 0.3) is 0 Å². The molecule has 0 bridgehead atoms. The third kappa shape index (κ3) is 4.91. The third-order valence-electron chi connectivity index (χ3n) is 3.15. The summed E-state index contributed by atoms with van der Waals surface area (Å²) in [6, 6.07) is 7.64. The van der Waals surface area contributed by atoms with Gasteiger partial charge in [-0.1, -0.05) is 31.2 Å². The van der Waals surface area contributed by atoms with Crippen LogP contribution in [0.1, 0.15) is 31.9 Å². The van der Waals surface area contributed by atoms with Crippen LogP contribution in [0.4, 0.5) is 4.79 Å². The van der Waals surface area contributed by atoms with Gasteiger partial charge in [0.2, 0.25) is 0 Å². The van der Waals surface area contributed by atoms with E-state index in [-0.39, 0.29) is 12.6 Å². The van der Waals surface area contributed by atoms with Gasteiger partial charge in [-0.25, -0.2) is 4.79 Å². The molecule has 0 atom stereocenters. The number of benzene rings is 1. The number of hydrogen-bond acceptors (Lipinski definition) is 2. The van der Waals surface area contributed by atoms with Gasteiger partial charge in [-0.2, -0.15) is 0 Å². The molecule has 0 aliphatic carbocycles. The molecule has 0 spiro atoms. The van der Waals surface area contributed by atoms with Crippen LogP contribution in [-0.2, 0) is 17.8 Å². The van der Waals surface area contributed by atoms with Crippen molar-refractivity contribution < 1.29 is 14.7 Å². The van der Waals surface area contributed by atoms with E-state index >= 15 is 0 Å².